The topological polar surface area (TPSA) is 111 Å². The Morgan fingerprint density at radius 1 is 1.13 bits per heavy atom. The van der Waals surface area contributed by atoms with Crippen LogP contribution in [0.1, 0.15) is 44.5 Å². The van der Waals surface area contributed by atoms with Gasteiger partial charge in [0.2, 0.25) is 5.91 Å². The molecule has 0 aliphatic carbocycles. The van der Waals surface area contributed by atoms with E-state index in [2.05, 4.69) is 25.2 Å². The van der Waals surface area contributed by atoms with Gasteiger partial charge in [-0.3, -0.25) is 4.79 Å². The highest BCUT2D eigenvalue weighted by molar-refractivity contribution is 5.91. The van der Waals surface area contributed by atoms with Crippen LogP contribution >= 0.6 is 0 Å². The van der Waals surface area contributed by atoms with Gasteiger partial charge in [-0.05, 0) is 51.5 Å². The average Bonchev–Trinajstić information content (AvgIpc) is 3.48. The first-order valence-electron chi connectivity index (χ1n) is 11.8. The van der Waals surface area contributed by atoms with E-state index < -0.39 is 12.0 Å². The number of hydrogen-bond donors (Lipinski definition) is 1. The number of benzene rings is 1. The Balaban J connectivity index is 1.30. The molecular weight excluding hydrogens is 505 g/mol. The van der Waals surface area contributed by atoms with Crippen LogP contribution in [0.4, 0.5) is 23.8 Å². The molecule has 2 aromatic heterocycles. The number of aromatic nitrogens is 4. The lowest BCUT2D eigenvalue weighted by Gasteiger charge is -2.24. The van der Waals surface area contributed by atoms with Gasteiger partial charge < -0.3 is 24.3 Å². The molecule has 10 nitrogen and oxygen atoms in total. The SMILES string of the molecule is CC(C)(C)OC(=O)N1CCC(c2ccc(NC(=O)Cc3cn(-c4cccc(OC(F)(F)F)c4)cn3)nn2)C1. The van der Waals surface area contributed by atoms with Crippen molar-refractivity contribution in [2.24, 2.45) is 0 Å². The molecule has 3 aromatic rings. The highest BCUT2D eigenvalue weighted by Crippen LogP contribution is 2.27. The van der Waals surface area contributed by atoms with Crippen LogP contribution in [0.15, 0.2) is 48.9 Å². The smallest absolute Gasteiger partial charge is 0.444 e. The Bertz CT molecular complexity index is 1290. The molecule has 202 valence electrons. The van der Waals surface area contributed by atoms with Gasteiger partial charge >= 0.3 is 12.5 Å². The van der Waals surface area contributed by atoms with Crippen molar-refractivity contribution in [1.82, 2.24) is 24.6 Å². The highest BCUT2D eigenvalue weighted by Gasteiger charge is 2.32. The molecule has 0 bridgehead atoms. The number of amides is 2. The first-order valence-corrected chi connectivity index (χ1v) is 11.8. The number of alkyl halides is 3. The van der Waals surface area contributed by atoms with E-state index >= 15 is 0 Å². The van der Waals surface area contributed by atoms with Gasteiger partial charge in [0.15, 0.2) is 5.82 Å². The number of rotatable bonds is 6. The predicted molar refractivity (Wildman–Crippen MR) is 130 cm³/mol. The van der Waals surface area contributed by atoms with Crippen LogP contribution in [0.25, 0.3) is 5.69 Å². The molecule has 1 aromatic carbocycles. The van der Waals surface area contributed by atoms with Crippen LogP contribution in [0.2, 0.25) is 0 Å². The molecule has 1 saturated heterocycles. The van der Waals surface area contributed by atoms with Crippen molar-refractivity contribution in [3.05, 3.63) is 60.3 Å². The van der Waals surface area contributed by atoms with E-state index in [9.17, 15) is 22.8 Å². The zero-order valence-electron chi connectivity index (χ0n) is 21.0. The lowest BCUT2D eigenvalue weighted by molar-refractivity contribution is -0.274. The molecule has 4 rings (SSSR count). The first-order chi connectivity index (χ1) is 17.8. The number of halogens is 3. The van der Waals surface area contributed by atoms with Crippen molar-refractivity contribution >= 4 is 17.8 Å². The Hall–Kier alpha value is -4.16. The molecule has 1 atom stereocenters. The number of ether oxygens (including phenoxy) is 2. The zero-order valence-corrected chi connectivity index (χ0v) is 21.0. The molecule has 0 saturated carbocycles. The van der Waals surface area contributed by atoms with Gasteiger partial charge in [-0.15, -0.1) is 18.3 Å². The van der Waals surface area contributed by atoms with E-state index in [1.807, 2.05) is 20.8 Å². The Morgan fingerprint density at radius 2 is 1.92 bits per heavy atom. The van der Waals surface area contributed by atoms with Crippen LogP contribution in [0.5, 0.6) is 5.75 Å². The minimum atomic E-state index is -4.80. The molecule has 0 radical (unpaired) electrons. The third-order valence-electron chi connectivity index (χ3n) is 5.54. The lowest BCUT2D eigenvalue weighted by atomic mass is 10.1. The second kappa shape index (κ2) is 10.7. The number of carbonyl (C=O) groups is 2. The zero-order chi connectivity index (χ0) is 27.5. The summed E-state index contributed by atoms with van der Waals surface area (Å²) in [6.07, 6.45) is -1.57. The number of nitrogens with zero attached hydrogens (tertiary/aromatic N) is 5. The number of imidazole rings is 1. The van der Waals surface area contributed by atoms with Crippen molar-refractivity contribution in [3.8, 4) is 11.4 Å². The molecule has 1 aliphatic rings. The van der Waals surface area contributed by atoms with Gasteiger partial charge in [-0.25, -0.2) is 9.78 Å². The molecule has 1 fully saturated rings. The van der Waals surface area contributed by atoms with E-state index in [1.54, 1.807) is 23.1 Å². The molecule has 1 aliphatic heterocycles. The van der Waals surface area contributed by atoms with Gasteiger partial charge in [-0.1, -0.05) is 6.07 Å². The number of nitrogens with one attached hydrogen (secondary N) is 1. The Kier molecular flexibility index (Phi) is 7.56. The summed E-state index contributed by atoms with van der Waals surface area (Å²) in [5, 5.41) is 10.9. The first kappa shape index (κ1) is 26.9. The second-order valence-electron chi connectivity index (χ2n) is 9.80. The summed E-state index contributed by atoms with van der Waals surface area (Å²) in [4.78, 5) is 30.6. The summed E-state index contributed by atoms with van der Waals surface area (Å²) in [5.41, 5.74) is 0.945. The molecule has 13 heteroatoms. The van der Waals surface area contributed by atoms with E-state index in [-0.39, 0.29) is 35.9 Å². The third-order valence-corrected chi connectivity index (χ3v) is 5.54. The second-order valence-corrected chi connectivity index (χ2v) is 9.80. The van der Waals surface area contributed by atoms with Gasteiger partial charge in [0.25, 0.3) is 0 Å². The van der Waals surface area contributed by atoms with Gasteiger partial charge in [-0.2, -0.15) is 5.10 Å². The maximum atomic E-state index is 12.5. The maximum absolute atomic E-state index is 12.5. The van der Waals surface area contributed by atoms with Crippen LogP contribution < -0.4 is 10.1 Å². The largest absolute Gasteiger partial charge is 0.573 e. The monoisotopic (exact) mass is 532 g/mol. The van der Waals surface area contributed by atoms with Crippen LogP contribution in [-0.2, 0) is 16.0 Å². The number of anilines is 1. The van der Waals surface area contributed by atoms with E-state index in [0.717, 1.165) is 6.42 Å². The molecule has 1 unspecified atom stereocenters. The quantitative estimate of drug-likeness (QED) is 0.499. The highest BCUT2D eigenvalue weighted by atomic mass is 19.4. The lowest BCUT2D eigenvalue weighted by Crippen LogP contribution is -2.35. The summed E-state index contributed by atoms with van der Waals surface area (Å²) in [6, 6.07) is 8.82. The maximum Gasteiger partial charge on any atom is 0.573 e. The van der Waals surface area contributed by atoms with Crippen molar-refractivity contribution < 1.29 is 32.2 Å². The fourth-order valence-electron chi connectivity index (χ4n) is 3.91. The van der Waals surface area contributed by atoms with E-state index in [0.29, 0.717) is 30.2 Å². The van der Waals surface area contributed by atoms with Crippen LogP contribution in [-0.4, -0.2) is 61.7 Å². The molecular formula is C25H27F3N6O4. The average molecular weight is 533 g/mol. The van der Waals surface area contributed by atoms with Crippen LogP contribution in [0, 0.1) is 0 Å². The fraction of sp³-hybridized carbons (Fsp3) is 0.400. The molecule has 0 spiro atoms. The van der Waals surface area contributed by atoms with Gasteiger partial charge in [0.05, 0.1) is 29.8 Å². The molecule has 1 N–H and O–H groups in total. The summed E-state index contributed by atoms with van der Waals surface area (Å²) in [7, 11) is 0. The van der Waals surface area contributed by atoms with Crippen molar-refractivity contribution in [1.29, 1.82) is 0 Å². The van der Waals surface area contributed by atoms with Crippen molar-refractivity contribution in [2.45, 2.75) is 51.5 Å². The molecule has 38 heavy (non-hydrogen) atoms. The van der Waals surface area contributed by atoms with Gasteiger partial charge in [0.1, 0.15) is 11.4 Å². The number of likely N-dealkylation sites (tertiary alicyclic amines) is 1. The number of hydrogen-bond acceptors (Lipinski definition) is 7. The van der Waals surface area contributed by atoms with E-state index in [1.165, 1.54) is 35.3 Å². The van der Waals surface area contributed by atoms with Crippen LogP contribution in [0.3, 0.4) is 0 Å². The standard InChI is InChI=1S/C25H27F3N6O4/c1-24(2,3)38-23(36)33-10-9-16(13-33)20-7-8-21(32-31-20)30-22(35)11-17-14-34(15-29-17)18-5-4-6-19(12-18)37-25(26,27)28/h4-8,12,14-16H,9-11,13H2,1-3H3,(H,30,32,35). The molecule has 3 heterocycles. The predicted octanol–water partition coefficient (Wildman–Crippen LogP) is 4.47. The van der Waals surface area contributed by atoms with E-state index in [4.69, 9.17) is 4.74 Å². The van der Waals surface area contributed by atoms with Crippen molar-refractivity contribution in [3.63, 3.8) is 0 Å². The fourth-order valence-corrected chi connectivity index (χ4v) is 3.91. The Morgan fingerprint density at radius 3 is 2.61 bits per heavy atom. The normalized spacial score (nSPS) is 15.8. The van der Waals surface area contributed by atoms with Crippen molar-refractivity contribution in [2.75, 3.05) is 18.4 Å². The Labute approximate surface area is 216 Å². The number of carbonyl (C=O) groups excluding carboxylic acids is 2. The summed E-state index contributed by atoms with van der Waals surface area (Å²) in [6.45, 7) is 6.49. The summed E-state index contributed by atoms with van der Waals surface area (Å²) >= 11 is 0. The van der Waals surface area contributed by atoms with Gasteiger partial charge in [0, 0.05) is 31.3 Å². The third kappa shape index (κ3) is 7.43. The minimum Gasteiger partial charge on any atom is -0.444 e. The minimum absolute atomic E-state index is 0.0174. The molecule has 2 amide bonds. The summed E-state index contributed by atoms with van der Waals surface area (Å²) in [5.74, 6) is -0.468. The summed E-state index contributed by atoms with van der Waals surface area (Å²) < 4.78 is 48.3.